The summed E-state index contributed by atoms with van der Waals surface area (Å²) in [5, 5.41) is 8.98. The molecule has 17 heavy (non-hydrogen) atoms. The topological polar surface area (TPSA) is 40.5 Å². The number of benzene rings is 1. The molecule has 1 N–H and O–H groups in total. The van der Waals surface area contributed by atoms with E-state index in [0.29, 0.717) is 13.0 Å². The molecular weight excluding hydrogens is 228 g/mol. The first-order chi connectivity index (χ1) is 8.08. The van der Waals surface area contributed by atoms with E-state index in [0.717, 1.165) is 24.6 Å². The third-order valence-electron chi connectivity index (χ3n) is 3.03. The van der Waals surface area contributed by atoms with E-state index >= 15 is 0 Å². The summed E-state index contributed by atoms with van der Waals surface area (Å²) in [4.78, 5) is 12.6. The molecule has 1 fully saturated rings. The van der Waals surface area contributed by atoms with Gasteiger partial charge in [0.25, 0.3) is 0 Å². The summed E-state index contributed by atoms with van der Waals surface area (Å²) < 4.78 is 26.4. The van der Waals surface area contributed by atoms with E-state index in [9.17, 15) is 13.6 Å². The van der Waals surface area contributed by atoms with Gasteiger partial charge in [-0.2, -0.15) is 0 Å². The Morgan fingerprint density at radius 1 is 1.47 bits per heavy atom. The molecule has 1 aliphatic rings. The summed E-state index contributed by atoms with van der Waals surface area (Å²) in [5.41, 5.74) is 0.207. The predicted molar refractivity (Wildman–Crippen MR) is 57.4 cm³/mol. The van der Waals surface area contributed by atoms with Crippen LogP contribution in [0.2, 0.25) is 0 Å². The smallest absolute Gasteiger partial charge is 0.320 e. The van der Waals surface area contributed by atoms with Crippen molar-refractivity contribution in [2.75, 3.05) is 6.54 Å². The molecule has 1 aromatic carbocycles. The average molecular weight is 241 g/mol. The van der Waals surface area contributed by atoms with Crippen molar-refractivity contribution in [3.05, 3.63) is 35.4 Å². The molecule has 3 nitrogen and oxygen atoms in total. The fourth-order valence-electron chi connectivity index (χ4n) is 2.18. The first-order valence-corrected chi connectivity index (χ1v) is 5.48. The van der Waals surface area contributed by atoms with Crippen molar-refractivity contribution in [1.29, 1.82) is 0 Å². The molecule has 92 valence electrons. The SMILES string of the molecule is O=C(O)C1CCCN1Cc1cc(F)ccc1F. The van der Waals surface area contributed by atoms with E-state index in [2.05, 4.69) is 0 Å². The Balaban J connectivity index is 2.15. The van der Waals surface area contributed by atoms with E-state index in [1.165, 1.54) is 0 Å². The van der Waals surface area contributed by atoms with Crippen molar-refractivity contribution >= 4 is 5.97 Å². The second-order valence-electron chi connectivity index (χ2n) is 4.20. The Morgan fingerprint density at radius 2 is 2.24 bits per heavy atom. The summed E-state index contributed by atoms with van der Waals surface area (Å²) in [5.74, 6) is -1.91. The highest BCUT2D eigenvalue weighted by Gasteiger charge is 2.30. The van der Waals surface area contributed by atoms with Crippen LogP contribution in [0.3, 0.4) is 0 Å². The van der Waals surface area contributed by atoms with Crippen molar-refractivity contribution < 1.29 is 18.7 Å². The zero-order valence-corrected chi connectivity index (χ0v) is 9.20. The summed E-state index contributed by atoms with van der Waals surface area (Å²) in [6.45, 7) is 0.744. The van der Waals surface area contributed by atoms with Crippen LogP contribution in [0.4, 0.5) is 8.78 Å². The Morgan fingerprint density at radius 3 is 2.94 bits per heavy atom. The average Bonchev–Trinajstić information content (AvgIpc) is 2.71. The first-order valence-electron chi connectivity index (χ1n) is 5.48. The number of aliphatic carboxylic acids is 1. The van der Waals surface area contributed by atoms with Crippen molar-refractivity contribution in [3.8, 4) is 0 Å². The van der Waals surface area contributed by atoms with Crippen LogP contribution in [-0.4, -0.2) is 28.6 Å². The monoisotopic (exact) mass is 241 g/mol. The number of nitrogens with zero attached hydrogens (tertiary/aromatic N) is 1. The van der Waals surface area contributed by atoms with Crippen LogP contribution in [0, 0.1) is 11.6 Å². The standard InChI is InChI=1S/C12H13F2NO2/c13-9-3-4-10(14)8(6-9)7-15-5-1-2-11(15)12(16)17/h3-4,6,11H,1-2,5,7H2,(H,16,17). The molecule has 2 rings (SSSR count). The maximum Gasteiger partial charge on any atom is 0.320 e. The molecule has 0 bridgehead atoms. The lowest BCUT2D eigenvalue weighted by Crippen LogP contribution is -2.35. The quantitative estimate of drug-likeness (QED) is 0.880. The van der Waals surface area contributed by atoms with Crippen molar-refractivity contribution in [1.82, 2.24) is 4.90 Å². The predicted octanol–water partition coefficient (Wildman–Crippen LogP) is 2.01. The number of carboxylic acids is 1. The third-order valence-corrected chi connectivity index (χ3v) is 3.03. The Labute approximate surface area is 97.7 Å². The zero-order valence-electron chi connectivity index (χ0n) is 9.20. The molecule has 1 unspecified atom stereocenters. The van der Waals surface area contributed by atoms with E-state index in [1.807, 2.05) is 0 Å². The lowest BCUT2D eigenvalue weighted by atomic mass is 10.1. The molecular formula is C12H13F2NO2. The summed E-state index contributed by atoms with van der Waals surface area (Å²) >= 11 is 0. The highest BCUT2D eigenvalue weighted by atomic mass is 19.1. The van der Waals surface area contributed by atoms with Crippen molar-refractivity contribution in [2.45, 2.75) is 25.4 Å². The number of likely N-dealkylation sites (tertiary alicyclic amines) is 1. The molecule has 0 saturated carbocycles. The molecule has 1 aromatic rings. The molecule has 5 heteroatoms. The molecule has 1 saturated heterocycles. The van der Waals surface area contributed by atoms with Crippen LogP contribution in [0.5, 0.6) is 0 Å². The van der Waals surface area contributed by atoms with Gasteiger partial charge in [0, 0.05) is 12.1 Å². The van der Waals surface area contributed by atoms with E-state index in [-0.39, 0.29) is 12.1 Å². The summed E-state index contributed by atoms with van der Waals surface area (Å²) in [7, 11) is 0. The van der Waals surface area contributed by atoms with Gasteiger partial charge in [-0.15, -0.1) is 0 Å². The van der Waals surface area contributed by atoms with Crippen LogP contribution in [0.15, 0.2) is 18.2 Å². The molecule has 1 aliphatic heterocycles. The molecule has 0 amide bonds. The van der Waals surface area contributed by atoms with Crippen LogP contribution < -0.4 is 0 Å². The third kappa shape index (κ3) is 2.61. The highest BCUT2D eigenvalue weighted by molar-refractivity contribution is 5.73. The van der Waals surface area contributed by atoms with Gasteiger partial charge >= 0.3 is 5.97 Å². The maximum absolute atomic E-state index is 13.4. The number of carboxylic acid groups (broad SMARTS) is 1. The largest absolute Gasteiger partial charge is 0.480 e. The fraction of sp³-hybridized carbons (Fsp3) is 0.417. The van der Waals surface area contributed by atoms with Gasteiger partial charge in [-0.05, 0) is 37.6 Å². The number of carbonyl (C=O) groups is 1. The van der Waals surface area contributed by atoms with Gasteiger partial charge in [-0.1, -0.05) is 0 Å². The molecule has 0 spiro atoms. The van der Waals surface area contributed by atoms with Crippen molar-refractivity contribution in [3.63, 3.8) is 0 Å². The molecule has 0 radical (unpaired) electrons. The van der Waals surface area contributed by atoms with E-state index < -0.39 is 23.6 Å². The zero-order chi connectivity index (χ0) is 12.4. The van der Waals surface area contributed by atoms with Crippen LogP contribution >= 0.6 is 0 Å². The van der Waals surface area contributed by atoms with Gasteiger partial charge in [0.2, 0.25) is 0 Å². The minimum absolute atomic E-state index is 0.139. The van der Waals surface area contributed by atoms with Gasteiger partial charge in [-0.25, -0.2) is 8.78 Å². The Bertz CT molecular complexity index is 437. The minimum atomic E-state index is -0.903. The van der Waals surface area contributed by atoms with Crippen LogP contribution in [0.25, 0.3) is 0 Å². The lowest BCUT2D eigenvalue weighted by molar-refractivity contribution is -0.142. The molecule has 0 aliphatic carbocycles. The Hall–Kier alpha value is -1.49. The Kier molecular flexibility index (Phi) is 3.38. The van der Waals surface area contributed by atoms with Gasteiger partial charge in [-0.3, -0.25) is 9.69 Å². The van der Waals surface area contributed by atoms with E-state index in [1.54, 1.807) is 4.90 Å². The highest BCUT2D eigenvalue weighted by Crippen LogP contribution is 2.21. The van der Waals surface area contributed by atoms with E-state index in [4.69, 9.17) is 5.11 Å². The number of halogens is 2. The van der Waals surface area contributed by atoms with Gasteiger partial charge in [0.05, 0.1) is 0 Å². The number of rotatable bonds is 3. The fourth-order valence-corrected chi connectivity index (χ4v) is 2.18. The minimum Gasteiger partial charge on any atom is -0.480 e. The summed E-state index contributed by atoms with van der Waals surface area (Å²) in [6, 6.07) is 2.65. The molecule has 0 aromatic heterocycles. The lowest BCUT2D eigenvalue weighted by Gasteiger charge is -2.21. The normalized spacial score (nSPS) is 20.7. The maximum atomic E-state index is 13.4. The second kappa shape index (κ2) is 4.79. The first kappa shape index (κ1) is 12.0. The molecule has 1 heterocycles. The van der Waals surface area contributed by atoms with Gasteiger partial charge in [0.1, 0.15) is 17.7 Å². The van der Waals surface area contributed by atoms with Crippen molar-refractivity contribution in [2.24, 2.45) is 0 Å². The summed E-state index contributed by atoms with van der Waals surface area (Å²) in [6.07, 6.45) is 1.33. The van der Waals surface area contributed by atoms with Gasteiger partial charge < -0.3 is 5.11 Å². The number of hydrogen-bond acceptors (Lipinski definition) is 2. The molecule has 1 atom stereocenters. The number of hydrogen-bond donors (Lipinski definition) is 1. The van der Waals surface area contributed by atoms with Gasteiger partial charge in [0.15, 0.2) is 0 Å². The van der Waals surface area contributed by atoms with Crippen LogP contribution in [0.1, 0.15) is 18.4 Å². The second-order valence-corrected chi connectivity index (χ2v) is 4.20. The van der Waals surface area contributed by atoms with Crippen LogP contribution in [-0.2, 0) is 11.3 Å².